The molecule has 2 N–H and O–H groups in total. The van der Waals surface area contributed by atoms with Crippen molar-refractivity contribution >= 4 is 12.4 Å². The van der Waals surface area contributed by atoms with Crippen LogP contribution in [0.1, 0.15) is 0 Å². The zero-order valence-electron chi connectivity index (χ0n) is 7.97. The molecule has 1 aromatic rings. The van der Waals surface area contributed by atoms with E-state index in [0.717, 1.165) is 13.1 Å². The lowest BCUT2D eigenvalue weighted by Gasteiger charge is -2.28. The maximum atomic E-state index is 9.55. The van der Waals surface area contributed by atoms with Crippen LogP contribution in [0.3, 0.4) is 0 Å². The quantitative estimate of drug-likeness (QED) is 0.695. The Balaban J connectivity index is 0.000000853. The summed E-state index contributed by atoms with van der Waals surface area (Å²) in [6, 6.07) is 5.16. The first-order valence-corrected chi connectivity index (χ1v) is 4.70. The average Bonchev–Trinajstić information content (AvgIpc) is 2.62. The molecule has 0 bridgehead atoms. The molecule has 15 heavy (non-hydrogen) atoms. The fourth-order valence-electron chi connectivity index (χ4n) is 1.90. The Labute approximate surface area is 93.6 Å². The molecule has 82 valence electrons. The zero-order chi connectivity index (χ0) is 9.54. The van der Waals surface area contributed by atoms with Crippen LogP contribution in [0.15, 0.2) is 18.2 Å². The van der Waals surface area contributed by atoms with Crippen molar-refractivity contribution in [3.63, 3.8) is 0 Å². The lowest BCUT2D eigenvalue weighted by Crippen LogP contribution is -2.38. The average molecular weight is 230 g/mol. The van der Waals surface area contributed by atoms with E-state index in [9.17, 15) is 5.11 Å². The van der Waals surface area contributed by atoms with Crippen LogP contribution in [0.25, 0.3) is 0 Å². The van der Waals surface area contributed by atoms with E-state index in [1.54, 1.807) is 12.1 Å². The fraction of sp³-hybridized carbons (Fsp3) is 0.400. The third-order valence-corrected chi connectivity index (χ3v) is 2.61. The van der Waals surface area contributed by atoms with Gasteiger partial charge in [-0.25, -0.2) is 0 Å². The highest BCUT2D eigenvalue weighted by Gasteiger charge is 2.36. The van der Waals surface area contributed by atoms with Crippen LogP contribution in [-0.4, -0.2) is 30.4 Å². The van der Waals surface area contributed by atoms with Gasteiger partial charge < -0.3 is 19.9 Å². The molecule has 2 heterocycles. The highest BCUT2D eigenvalue weighted by molar-refractivity contribution is 5.85. The molecule has 0 amide bonds. The first-order valence-electron chi connectivity index (χ1n) is 4.70. The predicted molar refractivity (Wildman–Crippen MR) is 57.1 cm³/mol. The van der Waals surface area contributed by atoms with Crippen molar-refractivity contribution in [1.82, 2.24) is 5.32 Å². The minimum absolute atomic E-state index is 0. The molecule has 1 aromatic carbocycles. The maximum absolute atomic E-state index is 9.55. The van der Waals surface area contributed by atoms with E-state index >= 15 is 0 Å². The first kappa shape index (κ1) is 10.4. The topological polar surface area (TPSA) is 50.7 Å². The SMILES string of the molecule is Cl.Oc1cccc2c1OC1CNCC1O2. The van der Waals surface area contributed by atoms with Gasteiger partial charge in [0, 0.05) is 13.1 Å². The van der Waals surface area contributed by atoms with Crippen LogP contribution in [0.4, 0.5) is 0 Å². The van der Waals surface area contributed by atoms with E-state index in [0.29, 0.717) is 11.5 Å². The standard InChI is InChI=1S/C10H11NO3.ClH/c12-6-2-1-3-7-10(6)14-9-5-11-4-8(9)13-7;/h1-3,8-9,11-12H,4-5H2;1H. The van der Waals surface area contributed by atoms with Gasteiger partial charge in [-0.3, -0.25) is 0 Å². The van der Waals surface area contributed by atoms with Crippen molar-refractivity contribution in [2.75, 3.05) is 13.1 Å². The summed E-state index contributed by atoms with van der Waals surface area (Å²) >= 11 is 0. The molecule has 3 rings (SSSR count). The van der Waals surface area contributed by atoms with Crippen LogP contribution >= 0.6 is 12.4 Å². The lowest BCUT2D eigenvalue weighted by atomic mass is 10.2. The molecular formula is C10H12ClNO3. The fourth-order valence-corrected chi connectivity index (χ4v) is 1.90. The lowest BCUT2D eigenvalue weighted by molar-refractivity contribution is 0.0524. The minimum Gasteiger partial charge on any atom is -0.504 e. The van der Waals surface area contributed by atoms with Crippen molar-refractivity contribution in [3.8, 4) is 17.2 Å². The number of phenols is 1. The smallest absolute Gasteiger partial charge is 0.203 e. The van der Waals surface area contributed by atoms with Gasteiger partial charge in [-0.15, -0.1) is 12.4 Å². The molecule has 4 nitrogen and oxygen atoms in total. The van der Waals surface area contributed by atoms with Crippen LogP contribution in [0.5, 0.6) is 17.2 Å². The van der Waals surface area contributed by atoms with Gasteiger partial charge in [0.05, 0.1) is 0 Å². The van der Waals surface area contributed by atoms with E-state index in [2.05, 4.69) is 5.32 Å². The van der Waals surface area contributed by atoms with Crippen LogP contribution in [-0.2, 0) is 0 Å². The van der Waals surface area contributed by atoms with Gasteiger partial charge in [0.2, 0.25) is 5.75 Å². The second kappa shape index (κ2) is 3.79. The van der Waals surface area contributed by atoms with Crippen LogP contribution in [0, 0.1) is 0 Å². The second-order valence-corrected chi connectivity index (χ2v) is 3.58. The number of fused-ring (bicyclic) bond motifs is 2. The van der Waals surface area contributed by atoms with Crippen molar-refractivity contribution in [2.45, 2.75) is 12.2 Å². The molecule has 2 aliphatic rings. The maximum Gasteiger partial charge on any atom is 0.203 e. The third kappa shape index (κ3) is 1.60. The summed E-state index contributed by atoms with van der Waals surface area (Å²) in [6.45, 7) is 1.58. The van der Waals surface area contributed by atoms with Gasteiger partial charge in [0.1, 0.15) is 12.2 Å². The summed E-state index contributed by atoms with van der Waals surface area (Å²) in [5.74, 6) is 1.25. The Kier molecular flexibility index (Phi) is 2.63. The Hall–Kier alpha value is -1.13. The highest BCUT2D eigenvalue weighted by Crippen LogP contribution is 2.41. The number of hydrogen-bond donors (Lipinski definition) is 2. The molecule has 0 aliphatic carbocycles. The number of nitrogens with one attached hydrogen (secondary N) is 1. The first-order chi connectivity index (χ1) is 6.84. The number of phenolic OH excluding ortho intramolecular Hbond substituents is 1. The largest absolute Gasteiger partial charge is 0.504 e. The molecule has 2 atom stereocenters. The van der Waals surface area contributed by atoms with Gasteiger partial charge >= 0.3 is 0 Å². The normalized spacial score (nSPS) is 26.7. The molecule has 1 saturated heterocycles. The second-order valence-electron chi connectivity index (χ2n) is 3.58. The van der Waals surface area contributed by atoms with E-state index in [4.69, 9.17) is 9.47 Å². The number of hydrogen-bond acceptors (Lipinski definition) is 4. The summed E-state index contributed by atoms with van der Waals surface area (Å²) in [5, 5.41) is 12.7. The van der Waals surface area contributed by atoms with Crippen molar-refractivity contribution < 1.29 is 14.6 Å². The third-order valence-electron chi connectivity index (χ3n) is 2.61. The number of benzene rings is 1. The molecule has 5 heteroatoms. The Morgan fingerprint density at radius 2 is 1.93 bits per heavy atom. The van der Waals surface area contributed by atoms with E-state index in [1.807, 2.05) is 6.07 Å². The predicted octanol–water partition coefficient (Wildman–Crippen LogP) is 0.926. The molecule has 1 fully saturated rings. The molecular weight excluding hydrogens is 218 g/mol. The van der Waals surface area contributed by atoms with Crippen LogP contribution in [0.2, 0.25) is 0 Å². The van der Waals surface area contributed by atoms with Crippen LogP contribution < -0.4 is 14.8 Å². The van der Waals surface area contributed by atoms with E-state index in [1.165, 1.54) is 0 Å². The molecule has 0 aromatic heterocycles. The summed E-state index contributed by atoms with van der Waals surface area (Å²) in [7, 11) is 0. The van der Waals surface area contributed by atoms with Gasteiger partial charge in [0.15, 0.2) is 11.5 Å². The van der Waals surface area contributed by atoms with Gasteiger partial charge in [-0.05, 0) is 12.1 Å². The van der Waals surface area contributed by atoms with E-state index in [-0.39, 0.29) is 30.4 Å². The molecule has 2 unspecified atom stereocenters. The van der Waals surface area contributed by atoms with E-state index < -0.39 is 0 Å². The van der Waals surface area contributed by atoms with Gasteiger partial charge in [-0.1, -0.05) is 6.07 Å². The summed E-state index contributed by atoms with van der Waals surface area (Å²) in [5.41, 5.74) is 0. The summed E-state index contributed by atoms with van der Waals surface area (Å²) in [6.07, 6.45) is 0.0973. The molecule has 0 radical (unpaired) electrons. The minimum atomic E-state index is 0. The number of halogens is 1. The molecule has 2 aliphatic heterocycles. The Morgan fingerprint density at radius 3 is 2.73 bits per heavy atom. The van der Waals surface area contributed by atoms with Crippen molar-refractivity contribution in [1.29, 1.82) is 0 Å². The molecule has 0 saturated carbocycles. The summed E-state index contributed by atoms with van der Waals surface area (Å²) < 4.78 is 11.3. The van der Waals surface area contributed by atoms with Crippen molar-refractivity contribution in [2.24, 2.45) is 0 Å². The van der Waals surface area contributed by atoms with Gasteiger partial charge in [-0.2, -0.15) is 0 Å². The highest BCUT2D eigenvalue weighted by atomic mass is 35.5. The Morgan fingerprint density at radius 1 is 1.20 bits per heavy atom. The monoisotopic (exact) mass is 229 g/mol. The number of rotatable bonds is 0. The Bertz CT molecular complexity index is 372. The zero-order valence-corrected chi connectivity index (χ0v) is 8.79. The number of aromatic hydroxyl groups is 1. The number of ether oxygens (including phenoxy) is 2. The van der Waals surface area contributed by atoms with Crippen molar-refractivity contribution in [3.05, 3.63) is 18.2 Å². The van der Waals surface area contributed by atoms with Gasteiger partial charge in [0.25, 0.3) is 0 Å². The number of para-hydroxylation sites is 1. The molecule has 0 spiro atoms. The summed E-state index contributed by atoms with van der Waals surface area (Å²) in [4.78, 5) is 0.